The van der Waals surface area contributed by atoms with Gasteiger partial charge in [0.1, 0.15) is 0 Å². The topological polar surface area (TPSA) is 63.6 Å². The van der Waals surface area contributed by atoms with Crippen LogP contribution in [0, 0.1) is 12.8 Å². The summed E-state index contributed by atoms with van der Waals surface area (Å²) < 4.78 is 4.45. The summed E-state index contributed by atoms with van der Waals surface area (Å²) >= 11 is 5.98. The Hall–Kier alpha value is -1.55. The van der Waals surface area contributed by atoms with E-state index in [1.54, 1.807) is 12.1 Å². The second-order valence-corrected chi connectivity index (χ2v) is 4.12. The van der Waals surface area contributed by atoms with Crippen molar-refractivity contribution in [2.75, 3.05) is 7.11 Å². The number of methoxy groups -OCH3 is 1. The first kappa shape index (κ1) is 13.5. The fourth-order valence-corrected chi connectivity index (χ4v) is 1.76. The van der Waals surface area contributed by atoms with Crippen molar-refractivity contribution >= 4 is 23.5 Å². The molecular weight excluding hydrogens is 244 g/mol. The highest BCUT2D eigenvalue weighted by molar-refractivity contribution is 6.31. The standard InChI is InChI=1S/C12H13ClO4/c1-7-3-4-8(10(13)5-7)6-9(11(14)15)12(16)17-2/h3-5,9H,6H2,1-2H3,(H,14,15). The summed E-state index contributed by atoms with van der Waals surface area (Å²) in [5, 5.41) is 9.40. The van der Waals surface area contributed by atoms with E-state index in [0.717, 1.165) is 12.7 Å². The third kappa shape index (κ3) is 3.46. The number of carbonyl (C=O) groups is 2. The minimum absolute atomic E-state index is 0.0289. The molecule has 0 aliphatic carbocycles. The predicted molar refractivity (Wildman–Crippen MR) is 63.0 cm³/mol. The minimum atomic E-state index is -1.22. The average molecular weight is 257 g/mol. The second kappa shape index (κ2) is 5.68. The number of halogens is 1. The summed E-state index contributed by atoms with van der Waals surface area (Å²) in [7, 11) is 1.16. The molecule has 0 aliphatic rings. The summed E-state index contributed by atoms with van der Waals surface area (Å²) in [5.41, 5.74) is 1.60. The molecule has 1 aromatic carbocycles. The van der Waals surface area contributed by atoms with Crippen molar-refractivity contribution in [3.8, 4) is 0 Å². The Morgan fingerprint density at radius 3 is 2.59 bits per heavy atom. The van der Waals surface area contributed by atoms with Crippen LogP contribution in [0.3, 0.4) is 0 Å². The summed E-state index contributed by atoms with van der Waals surface area (Å²) in [6.07, 6.45) is 0.0289. The Bertz CT molecular complexity index is 442. The number of aliphatic carboxylic acids is 1. The van der Waals surface area contributed by atoms with E-state index < -0.39 is 17.9 Å². The molecule has 4 nitrogen and oxygen atoms in total. The second-order valence-electron chi connectivity index (χ2n) is 3.71. The van der Waals surface area contributed by atoms with E-state index in [-0.39, 0.29) is 6.42 Å². The number of rotatable bonds is 4. The normalized spacial score (nSPS) is 11.9. The molecular formula is C12H13ClO4. The van der Waals surface area contributed by atoms with Crippen molar-refractivity contribution in [1.29, 1.82) is 0 Å². The van der Waals surface area contributed by atoms with Crippen molar-refractivity contribution in [2.45, 2.75) is 13.3 Å². The van der Waals surface area contributed by atoms with Crippen LogP contribution in [0.5, 0.6) is 0 Å². The first-order valence-corrected chi connectivity index (χ1v) is 5.39. The van der Waals surface area contributed by atoms with Crippen LogP contribution < -0.4 is 0 Å². The van der Waals surface area contributed by atoms with Gasteiger partial charge in [0.2, 0.25) is 0 Å². The van der Waals surface area contributed by atoms with E-state index in [2.05, 4.69) is 4.74 Å². The van der Waals surface area contributed by atoms with E-state index in [1.165, 1.54) is 0 Å². The van der Waals surface area contributed by atoms with Gasteiger partial charge >= 0.3 is 11.9 Å². The van der Waals surface area contributed by atoms with Crippen molar-refractivity contribution in [3.05, 3.63) is 34.3 Å². The van der Waals surface area contributed by atoms with E-state index in [1.807, 2.05) is 13.0 Å². The van der Waals surface area contributed by atoms with E-state index in [4.69, 9.17) is 16.7 Å². The zero-order chi connectivity index (χ0) is 13.0. The molecule has 0 saturated carbocycles. The molecule has 1 aromatic rings. The molecule has 5 heteroatoms. The van der Waals surface area contributed by atoms with Crippen LogP contribution in [0.15, 0.2) is 18.2 Å². The molecule has 0 fully saturated rings. The van der Waals surface area contributed by atoms with Crippen LogP contribution >= 0.6 is 11.6 Å². The van der Waals surface area contributed by atoms with E-state index in [9.17, 15) is 9.59 Å². The maximum Gasteiger partial charge on any atom is 0.320 e. The molecule has 1 rings (SSSR count). The molecule has 0 radical (unpaired) electrons. The monoisotopic (exact) mass is 256 g/mol. The molecule has 0 aromatic heterocycles. The Balaban J connectivity index is 2.94. The van der Waals surface area contributed by atoms with Gasteiger partial charge < -0.3 is 9.84 Å². The molecule has 0 spiro atoms. The van der Waals surface area contributed by atoms with Gasteiger partial charge in [-0.15, -0.1) is 0 Å². The highest BCUT2D eigenvalue weighted by atomic mass is 35.5. The van der Waals surface area contributed by atoms with Gasteiger partial charge in [0.15, 0.2) is 5.92 Å². The first-order chi connectivity index (χ1) is 7.95. The van der Waals surface area contributed by atoms with Gasteiger partial charge in [-0.05, 0) is 30.5 Å². The third-order valence-electron chi connectivity index (χ3n) is 2.42. The molecule has 92 valence electrons. The largest absolute Gasteiger partial charge is 0.481 e. The van der Waals surface area contributed by atoms with Gasteiger partial charge in [0.25, 0.3) is 0 Å². The predicted octanol–water partition coefficient (Wildman–Crippen LogP) is 2.06. The van der Waals surface area contributed by atoms with Gasteiger partial charge in [-0.1, -0.05) is 23.7 Å². The van der Waals surface area contributed by atoms with Crippen molar-refractivity contribution in [1.82, 2.24) is 0 Å². The van der Waals surface area contributed by atoms with Crippen LogP contribution in [-0.4, -0.2) is 24.2 Å². The zero-order valence-electron chi connectivity index (χ0n) is 9.57. The number of ether oxygens (including phenoxy) is 1. The maximum atomic E-state index is 11.3. The molecule has 17 heavy (non-hydrogen) atoms. The number of carboxylic acids is 1. The number of esters is 1. The number of benzene rings is 1. The number of hydrogen-bond acceptors (Lipinski definition) is 3. The lowest BCUT2D eigenvalue weighted by atomic mass is 9.99. The quantitative estimate of drug-likeness (QED) is 0.662. The lowest BCUT2D eigenvalue weighted by molar-refractivity contribution is -0.156. The van der Waals surface area contributed by atoms with Crippen LogP contribution in [-0.2, 0) is 20.7 Å². The van der Waals surface area contributed by atoms with Crippen LogP contribution in [0.25, 0.3) is 0 Å². The molecule has 0 bridgehead atoms. The highest BCUT2D eigenvalue weighted by Gasteiger charge is 2.28. The summed E-state index contributed by atoms with van der Waals surface area (Å²) in [6.45, 7) is 1.88. The van der Waals surface area contributed by atoms with Crippen molar-refractivity contribution < 1.29 is 19.4 Å². The number of hydrogen-bond donors (Lipinski definition) is 1. The summed E-state index contributed by atoms with van der Waals surface area (Å²) in [4.78, 5) is 22.2. The Morgan fingerprint density at radius 1 is 1.47 bits per heavy atom. The Morgan fingerprint density at radius 2 is 2.12 bits per heavy atom. The molecule has 0 aliphatic heterocycles. The minimum Gasteiger partial charge on any atom is -0.481 e. The molecule has 1 N–H and O–H groups in total. The van der Waals surface area contributed by atoms with Gasteiger partial charge in [0.05, 0.1) is 7.11 Å². The summed E-state index contributed by atoms with van der Waals surface area (Å²) in [6, 6.07) is 5.26. The van der Waals surface area contributed by atoms with Gasteiger partial charge in [-0.2, -0.15) is 0 Å². The third-order valence-corrected chi connectivity index (χ3v) is 2.77. The maximum absolute atomic E-state index is 11.3. The number of aryl methyl sites for hydroxylation is 1. The molecule has 1 unspecified atom stereocenters. The Labute approximate surface area is 104 Å². The highest BCUT2D eigenvalue weighted by Crippen LogP contribution is 2.21. The van der Waals surface area contributed by atoms with Crippen molar-refractivity contribution in [2.24, 2.45) is 5.92 Å². The van der Waals surface area contributed by atoms with Gasteiger partial charge in [-0.25, -0.2) is 0 Å². The smallest absolute Gasteiger partial charge is 0.320 e. The SMILES string of the molecule is COC(=O)C(Cc1ccc(C)cc1Cl)C(=O)O. The van der Waals surface area contributed by atoms with E-state index in [0.29, 0.717) is 10.6 Å². The Kier molecular flexibility index (Phi) is 4.52. The lowest BCUT2D eigenvalue weighted by Crippen LogP contribution is -2.27. The fourth-order valence-electron chi connectivity index (χ4n) is 1.45. The van der Waals surface area contributed by atoms with Crippen LogP contribution in [0.4, 0.5) is 0 Å². The average Bonchev–Trinajstić information content (AvgIpc) is 2.26. The number of carbonyl (C=O) groups excluding carboxylic acids is 1. The van der Waals surface area contributed by atoms with Gasteiger partial charge in [0, 0.05) is 5.02 Å². The van der Waals surface area contributed by atoms with Gasteiger partial charge in [-0.3, -0.25) is 9.59 Å². The summed E-state index contributed by atoms with van der Waals surface area (Å²) in [5.74, 6) is -3.21. The number of carboxylic acid groups (broad SMARTS) is 1. The molecule has 0 saturated heterocycles. The van der Waals surface area contributed by atoms with E-state index >= 15 is 0 Å². The lowest BCUT2D eigenvalue weighted by Gasteiger charge is -2.11. The van der Waals surface area contributed by atoms with Crippen LogP contribution in [0.1, 0.15) is 11.1 Å². The first-order valence-electron chi connectivity index (χ1n) is 5.01. The van der Waals surface area contributed by atoms with Crippen LogP contribution in [0.2, 0.25) is 5.02 Å². The van der Waals surface area contributed by atoms with Crippen molar-refractivity contribution in [3.63, 3.8) is 0 Å². The molecule has 0 amide bonds. The zero-order valence-corrected chi connectivity index (χ0v) is 10.3. The molecule has 0 heterocycles. The molecule has 1 atom stereocenters. The fraction of sp³-hybridized carbons (Fsp3) is 0.333.